The van der Waals surface area contributed by atoms with Crippen molar-refractivity contribution in [1.82, 2.24) is 10.6 Å². The van der Waals surface area contributed by atoms with Gasteiger partial charge in [0.15, 0.2) is 0 Å². The topological polar surface area (TPSA) is 78.4 Å². The zero-order valence-corrected chi connectivity index (χ0v) is 12.1. The molecular formula is C14H26N2O3. The van der Waals surface area contributed by atoms with Gasteiger partial charge >= 0.3 is 5.97 Å². The minimum absolute atomic E-state index is 0.0181. The van der Waals surface area contributed by atoms with Crippen molar-refractivity contribution in [2.75, 3.05) is 19.6 Å². The lowest BCUT2D eigenvalue weighted by Crippen LogP contribution is -2.37. The molecule has 1 heterocycles. The van der Waals surface area contributed by atoms with E-state index in [2.05, 4.69) is 31.4 Å². The summed E-state index contributed by atoms with van der Waals surface area (Å²) in [7, 11) is 0. The minimum atomic E-state index is -0.796. The highest BCUT2D eigenvalue weighted by atomic mass is 16.4. The highest BCUT2D eigenvalue weighted by Gasteiger charge is 2.29. The van der Waals surface area contributed by atoms with Gasteiger partial charge in [-0.25, -0.2) is 0 Å². The van der Waals surface area contributed by atoms with Crippen LogP contribution in [0.25, 0.3) is 0 Å². The lowest BCUT2D eigenvalue weighted by Gasteiger charge is -2.20. The smallest absolute Gasteiger partial charge is 0.303 e. The van der Waals surface area contributed by atoms with Crippen LogP contribution in [0.15, 0.2) is 0 Å². The Morgan fingerprint density at radius 1 is 1.37 bits per heavy atom. The standard InChI is InChI=1S/C14H26N2O3/c1-9(2)4-11(5-13(17)18)7-16-14(19)12-8-15-6-10(12)3/h9-12,15H,4-8H2,1-3H3,(H,16,19)(H,17,18). The molecule has 3 atom stereocenters. The van der Waals surface area contributed by atoms with Crippen LogP contribution < -0.4 is 10.6 Å². The number of rotatable bonds is 7. The third-order valence-electron chi connectivity index (χ3n) is 3.69. The quantitative estimate of drug-likeness (QED) is 0.647. The number of carboxylic acid groups (broad SMARTS) is 1. The van der Waals surface area contributed by atoms with Crippen LogP contribution in [0.3, 0.4) is 0 Å². The zero-order chi connectivity index (χ0) is 14.4. The fraction of sp³-hybridized carbons (Fsp3) is 0.857. The Hall–Kier alpha value is -1.10. The van der Waals surface area contributed by atoms with Crippen molar-refractivity contribution in [3.05, 3.63) is 0 Å². The molecule has 0 spiro atoms. The third-order valence-corrected chi connectivity index (χ3v) is 3.69. The van der Waals surface area contributed by atoms with E-state index in [0.717, 1.165) is 19.5 Å². The van der Waals surface area contributed by atoms with Gasteiger partial charge in [0.05, 0.1) is 5.92 Å². The Balaban J connectivity index is 2.41. The van der Waals surface area contributed by atoms with Crippen LogP contribution in [0.1, 0.15) is 33.6 Å². The first-order chi connectivity index (χ1) is 8.90. The molecule has 3 unspecified atom stereocenters. The average Bonchev–Trinajstić information content (AvgIpc) is 2.70. The molecule has 1 rings (SSSR count). The van der Waals surface area contributed by atoms with Gasteiger partial charge in [-0.2, -0.15) is 0 Å². The van der Waals surface area contributed by atoms with E-state index in [-0.39, 0.29) is 24.2 Å². The fourth-order valence-corrected chi connectivity index (χ4v) is 2.69. The maximum Gasteiger partial charge on any atom is 0.303 e. The molecule has 0 aromatic heterocycles. The molecule has 5 nitrogen and oxygen atoms in total. The molecule has 0 radical (unpaired) electrons. The molecule has 0 aromatic carbocycles. The maximum absolute atomic E-state index is 12.0. The summed E-state index contributed by atoms with van der Waals surface area (Å²) in [6.07, 6.45) is 0.946. The Labute approximate surface area is 115 Å². The number of hydrogen-bond donors (Lipinski definition) is 3. The van der Waals surface area contributed by atoms with Gasteiger partial charge in [-0.15, -0.1) is 0 Å². The summed E-state index contributed by atoms with van der Waals surface area (Å²) in [5.74, 6) is 0.0828. The second-order valence-corrected chi connectivity index (χ2v) is 6.08. The first kappa shape index (κ1) is 16.0. The van der Waals surface area contributed by atoms with E-state index in [1.165, 1.54) is 0 Å². The Kier molecular flexibility index (Phi) is 6.28. The lowest BCUT2D eigenvalue weighted by atomic mass is 9.93. The van der Waals surface area contributed by atoms with Gasteiger partial charge in [0, 0.05) is 19.5 Å². The summed E-state index contributed by atoms with van der Waals surface area (Å²) < 4.78 is 0. The number of carboxylic acids is 1. The summed E-state index contributed by atoms with van der Waals surface area (Å²) >= 11 is 0. The van der Waals surface area contributed by atoms with Gasteiger partial charge in [-0.3, -0.25) is 9.59 Å². The molecule has 0 aromatic rings. The van der Waals surface area contributed by atoms with E-state index in [4.69, 9.17) is 5.11 Å². The van der Waals surface area contributed by atoms with Crippen molar-refractivity contribution >= 4 is 11.9 Å². The molecule has 3 N–H and O–H groups in total. The Bertz CT molecular complexity index is 318. The molecule has 1 aliphatic rings. The van der Waals surface area contributed by atoms with E-state index in [1.54, 1.807) is 0 Å². The number of amides is 1. The van der Waals surface area contributed by atoms with Crippen molar-refractivity contribution in [3.63, 3.8) is 0 Å². The molecule has 110 valence electrons. The zero-order valence-electron chi connectivity index (χ0n) is 12.1. The molecular weight excluding hydrogens is 244 g/mol. The van der Waals surface area contributed by atoms with Crippen molar-refractivity contribution < 1.29 is 14.7 Å². The molecule has 0 bridgehead atoms. The summed E-state index contributed by atoms with van der Waals surface area (Å²) in [6.45, 7) is 8.27. The van der Waals surface area contributed by atoms with Crippen LogP contribution in [0.2, 0.25) is 0 Å². The molecule has 5 heteroatoms. The van der Waals surface area contributed by atoms with Crippen LogP contribution in [0.4, 0.5) is 0 Å². The first-order valence-electron chi connectivity index (χ1n) is 7.10. The van der Waals surface area contributed by atoms with E-state index >= 15 is 0 Å². The van der Waals surface area contributed by atoms with Crippen molar-refractivity contribution in [2.24, 2.45) is 23.7 Å². The molecule has 1 amide bonds. The van der Waals surface area contributed by atoms with Gasteiger partial charge < -0.3 is 15.7 Å². The molecule has 0 aliphatic carbocycles. The van der Waals surface area contributed by atoms with Gasteiger partial charge in [0.1, 0.15) is 0 Å². The second kappa shape index (κ2) is 7.48. The fourth-order valence-electron chi connectivity index (χ4n) is 2.69. The number of carbonyl (C=O) groups is 2. The SMILES string of the molecule is CC(C)CC(CNC(=O)C1CNCC1C)CC(=O)O. The van der Waals surface area contributed by atoms with Crippen LogP contribution in [0.5, 0.6) is 0 Å². The molecule has 19 heavy (non-hydrogen) atoms. The predicted octanol–water partition coefficient (Wildman–Crippen LogP) is 1.10. The summed E-state index contributed by atoms with van der Waals surface area (Å²) in [4.78, 5) is 22.9. The summed E-state index contributed by atoms with van der Waals surface area (Å²) in [5, 5.41) is 15.0. The van der Waals surface area contributed by atoms with Gasteiger partial charge in [0.2, 0.25) is 5.91 Å². The maximum atomic E-state index is 12.0. The average molecular weight is 270 g/mol. The number of carbonyl (C=O) groups excluding carboxylic acids is 1. The molecule has 0 saturated carbocycles. The predicted molar refractivity (Wildman–Crippen MR) is 73.7 cm³/mol. The highest BCUT2D eigenvalue weighted by Crippen LogP contribution is 2.18. The lowest BCUT2D eigenvalue weighted by molar-refractivity contribution is -0.138. The minimum Gasteiger partial charge on any atom is -0.481 e. The monoisotopic (exact) mass is 270 g/mol. The Morgan fingerprint density at radius 2 is 2.05 bits per heavy atom. The van der Waals surface area contributed by atoms with Crippen molar-refractivity contribution in [1.29, 1.82) is 0 Å². The largest absolute Gasteiger partial charge is 0.481 e. The van der Waals surface area contributed by atoms with Crippen molar-refractivity contribution in [3.8, 4) is 0 Å². The first-order valence-corrected chi connectivity index (χ1v) is 7.10. The van der Waals surface area contributed by atoms with Crippen LogP contribution >= 0.6 is 0 Å². The van der Waals surface area contributed by atoms with Crippen LogP contribution in [-0.2, 0) is 9.59 Å². The summed E-state index contributed by atoms with van der Waals surface area (Å²) in [6, 6.07) is 0. The van der Waals surface area contributed by atoms with Gasteiger partial charge in [0.25, 0.3) is 0 Å². The van der Waals surface area contributed by atoms with E-state index < -0.39 is 5.97 Å². The van der Waals surface area contributed by atoms with E-state index in [1.807, 2.05) is 0 Å². The van der Waals surface area contributed by atoms with Gasteiger partial charge in [-0.1, -0.05) is 20.8 Å². The molecule has 1 fully saturated rings. The number of hydrogen-bond acceptors (Lipinski definition) is 3. The van der Waals surface area contributed by atoms with Gasteiger partial charge in [-0.05, 0) is 30.7 Å². The highest BCUT2D eigenvalue weighted by molar-refractivity contribution is 5.79. The number of aliphatic carboxylic acids is 1. The van der Waals surface area contributed by atoms with Crippen molar-refractivity contribution in [2.45, 2.75) is 33.6 Å². The summed E-state index contributed by atoms with van der Waals surface area (Å²) in [5.41, 5.74) is 0. The normalized spacial score (nSPS) is 24.4. The number of nitrogens with one attached hydrogen (secondary N) is 2. The van der Waals surface area contributed by atoms with Crippen LogP contribution in [-0.4, -0.2) is 36.6 Å². The van der Waals surface area contributed by atoms with E-state index in [9.17, 15) is 9.59 Å². The molecule has 1 saturated heterocycles. The second-order valence-electron chi connectivity index (χ2n) is 6.08. The third kappa shape index (κ3) is 5.59. The van der Waals surface area contributed by atoms with E-state index in [0.29, 0.717) is 18.4 Å². The molecule has 1 aliphatic heterocycles. The van der Waals surface area contributed by atoms with Crippen LogP contribution in [0, 0.1) is 23.7 Å². The Morgan fingerprint density at radius 3 is 2.53 bits per heavy atom.